The first-order valence-electron chi connectivity index (χ1n) is 14.3. The number of aromatic nitrogens is 2. The Balaban J connectivity index is 1.62. The van der Waals surface area contributed by atoms with Gasteiger partial charge in [-0.3, -0.25) is 4.90 Å². The summed E-state index contributed by atoms with van der Waals surface area (Å²) in [7, 11) is 0. The molecular weight excluding hydrogens is 557 g/mol. The molecule has 0 aliphatic rings. The lowest BCUT2D eigenvalue weighted by Gasteiger charge is -2.25. The van der Waals surface area contributed by atoms with Gasteiger partial charge in [0, 0.05) is 42.9 Å². The highest BCUT2D eigenvalue weighted by Crippen LogP contribution is 2.35. The van der Waals surface area contributed by atoms with E-state index in [0.29, 0.717) is 25.7 Å². The van der Waals surface area contributed by atoms with Crippen LogP contribution >= 0.6 is 0 Å². The van der Waals surface area contributed by atoms with Crippen LogP contribution in [0.2, 0.25) is 0 Å². The molecule has 222 valence electrons. The van der Waals surface area contributed by atoms with Crippen molar-refractivity contribution in [1.82, 2.24) is 14.5 Å². The first kappa shape index (κ1) is 30.2. The highest BCUT2D eigenvalue weighted by molar-refractivity contribution is 5.68. The van der Waals surface area contributed by atoms with Gasteiger partial charge in [-0.2, -0.15) is 13.2 Å². The van der Waals surface area contributed by atoms with Crippen molar-refractivity contribution in [1.29, 1.82) is 0 Å². The summed E-state index contributed by atoms with van der Waals surface area (Å²) in [6.07, 6.45) is -3.14. The number of nitrogens with zero attached hydrogens (tertiary/aromatic N) is 3. The number of rotatable bonds is 11. The summed E-state index contributed by atoms with van der Waals surface area (Å²) in [5.74, 6) is -2.57. The van der Waals surface area contributed by atoms with Crippen molar-refractivity contribution < 1.29 is 22.0 Å². The van der Waals surface area contributed by atoms with Crippen molar-refractivity contribution in [3.8, 4) is 22.6 Å². The van der Waals surface area contributed by atoms with E-state index in [-0.39, 0.29) is 12.1 Å². The average Bonchev–Trinajstić information content (AvgIpc) is 3.36. The number of hydrogen-bond donors (Lipinski definition) is 0. The Morgan fingerprint density at radius 1 is 0.698 bits per heavy atom. The van der Waals surface area contributed by atoms with E-state index in [1.54, 1.807) is 0 Å². The van der Waals surface area contributed by atoms with Crippen molar-refractivity contribution in [2.45, 2.75) is 52.1 Å². The topological polar surface area (TPSA) is 21.1 Å². The SMILES string of the molecule is CCCCn1c(-c2ccccc2)nc(-c2ccccc2)c1CN(Cc1ccccc1)Cc1ccc(C(F)(F)F)c(F)c1F. The fraction of sp³-hybridized carbons (Fsp3) is 0.229. The monoisotopic (exact) mass is 589 g/mol. The molecule has 43 heavy (non-hydrogen) atoms. The van der Waals surface area contributed by atoms with Gasteiger partial charge in [0.05, 0.1) is 17.0 Å². The van der Waals surface area contributed by atoms with Crippen LogP contribution in [0.5, 0.6) is 0 Å². The van der Waals surface area contributed by atoms with Crippen molar-refractivity contribution in [2.24, 2.45) is 0 Å². The largest absolute Gasteiger partial charge is 0.419 e. The van der Waals surface area contributed by atoms with E-state index in [4.69, 9.17) is 4.98 Å². The van der Waals surface area contributed by atoms with E-state index in [1.807, 2.05) is 95.9 Å². The molecule has 0 saturated carbocycles. The van der Waals surface area contributed by atoms with Crippen LogP contribution in [-0.2, 0) is 32.4 Å². The maximum absolute atomic E-state index is 15.1. The van der Waals surface area contributed by atoms with E-state index in [9.17, 15) is 17.6 Å². The normalized spacial score (nSPS) is 11.8. The Kier molecular flexibility index (Phi) is 9.36. The molecule has 0 amide bonds. The minimum atomic E-state index is -4.99. The summed E-state index contributed by atoms with van der Waals surface area (Å²) in [6.45, 7) is 3.35. The molecule has 0 aliphatic carbocycles. The standard InChI is InChI=1S/C35H32F5N3/c1-2-3-21-43-30(33(26-15-9-5-10-16-26)41-34(43)27-17-11-6-12-18-27)24-42(22-25-13-7-4-8-14-25)23-28-19-20-29(35(38,39)40)32(37)31(28)36/h4-20H,2-3,21-24H2,1H3. The minimum absolute atomic E-state index is 0.107. The highest BCUT2D eigenvalue weighted by atomic mass is 19.4. The Hall–Kier alpha value is -4.30. The molecule has 0 bridgehead atoms. The quantitative estimate of drug-likeness (QED) is 0.143. The van der Waals surface area contributed by atoms with Gasteiger partial charge in [-0.15, -0.1) is 0 Å². The van der Waals surface area contributed by atoms with Crippen LogP contribution in [0.3, 0.4) is 0 Å². The molecule has 3 nitrogen and oxygen atoms in total. The second-order valence-corrected chi connectivity index (χ2v) is 10.5. The third-order valence-corrected chi connectivity index (χ3v) is 7.37. The molecule has 5 aromatic rings. The van der Waals surface area contributed by atoms with Crippen molar-refractivity contribution in [2.75, 3.05) is 0 Å². The number of alkyl halides is 3. The number of benzene rings is 4. The molecule has 1 aromatic heterocycles. The molecule has 0 radical (unpaired) electrons. The molecule has 0 unspecified atom stereocenters. The lowest BCUT2D eigenvalue weighted by Crippen LogP contribution is -2.25. The van der Waals surface area contributed by atoms with Crippen molar-refractivity contribution in [3.05, 3.63) is 137 Å². The maximum Gasteiger partial charge on any atom is 0.419 e. The van der Waals surface area contributed by atoms with E-state index in [2.05, 4.69) is 11.5 Å². The molecule has 0 saturated heterocycles. The predicted molar refractivity (Wildman–Crippen MR) is 159 cm³/mol. The highest BCUT2D eigenvalue weighted by Gasteiger charge is 2.36. The molecule has 8 heteroatoms. The molecule has 0 N–H and O–H groups in total. The first-order valence-corrected chi connectivity index (χ1v) is 14.3. The smallest absolute Gasteiger partial charge is 0.326 e. The Labute approximate surface area is 248 Å². The van der Waals surface area contributed by atoms with Gasteiger partial charge in [0.15, 0.2) is 11.6 Å². The Morgan fingerprint density at radius 3 is 1.91 bits per heavy atom. The zero-order chi connectivity index (χ0) is 30.4. The average molecular weight is 590 g/mol. The number of imidazole rings is 1. The van der Waals surface area contributed by atoms with Crippen LogP contribution in [0.25, 0.3) is 22.6 Å². The zero-order valence-corrected chi connectivity index (χ0v) is 23.8. The van der Waals surface area contributed by atoms with Gasteiger partial charge in [-0.05, 0) is 18.1 Å². The summed E-state index contributed by atoms with van der Waals surface area (Å²) >= 11 is 0. The molecule has 5 rings (SSSR count). The molecule has 0 aliphatic heterocycles. The van der Waals surface area contributed by atoms with Gasteiger partial charge in [0.25, 0.3) is 0 Å². The zero-order valence-electron chi connectivity index (χ0n) is 23.8. The number of hydrogen-bond acceptors (Lipinski definition) is 2. The van der Waals surface area contributed by atoms with Gasteiger partial charge in [-0.1, -0.05) is 110 Å². The summed E-state index contributed by atoms with van der Waals surface area (Å²) in [6, 6.07) is 30.8. The van der Waals surface area contributed by atoms with E-state index in [0.717, 1.165) is 52.8 Å². The van der Waals surface area contributed by atoms with Crippen LogP contribution < -0.4 is 0 Å². The van der Waals surface area contributed by atoms with Gasteiger partial charge < -0.3 is 4.57 Å². The van der Waals surface area contributed by atoms with Gasteiger partial charge >= 0.3 is 6.18 Å². The fourth-order valence-electron chi connectivity index (χ4n) is 5.23. The summed E-state index contributed by atoms with van der Waals surface area (Å²) in [4.78, 5) is 7.04. The van der Waals surface area contributed by atoms with Crippen LogP contribution in [0, 0.1) is 11.6 Å². The Morgan fingerprint density at radius 2 is 1.30 bits per heavy atom. The van der Waals surface area contributed by atoms with Crippen LogP contribution in [0.4, 0.5) is 22.0 Å². The predicted octanol–water partition coefficient (Wildman–Crippen LogP) is 9.52. The molecular formula is C35H32F5N3. The third kappa shape index (κ3) is 7.03. The Bertz CT molecular complexity index is 1630. The van der Waals surface area contributed by atoms with Gasteiger partial charge in [0.2, 0.25) is 0 Å². The second kappa shape index (κ2) is 13.3. The fourth-order valence-corrected chi connectivity index (χ4v) is 5.23. The lowest BCUT2D eigenvalue weighted by atomic mass is 10.1. The minimum Gasteiger partial charge on any atom is -0.326 e. The van der Waals surface area contributed by atoms with E-state index in [1.165, 1.54) is 0 Å². The molecule has 0 fully saturated rings. The van der Waals surface area contributed by atoms with Gasteiger partial charge in [0.1, 0.15) is 5.82 Å². The number of unbranched alkanes of at least 4 members (excludes halogenated alkanes) is 1. The summed E-state index contributed by atoms with van der Waals surface area (Å²) < 4.78 is 71.7. The molecule has 4 aromatic carbocycles. The van der Waals surface area contributed by atoms with E-state index < -0.39 is 23.4 Å². The number of halogens is 5. The van der Waals surface area contributed by atoms with Crippen LogP contribution in [-0.4, -0.2) is 14.5 Å². The molecule has 0 atom stereocenters. The van der Waals surface area contributed by atoms with Crippen molar-refractivity contribution >= 4 is 0 Å². The van der Waals surface area contributed by atoms with Gasteiger partial charge in [-0.25, -0.2) is 13.8 Å². The molecule has 0 spiro atoms. The first-order chi connectivity index (χ1) is 20.8. The lowest BCUT2D eigenvalue weighted by molar-refractivity contribution is -0.140. The summed E-state index contributed by atoms with van der Waals surface area (Å²) in [5.41, 5.74) is 2.70. The van der Waals surface area contributed by atoms with Crippen LogP contribution in [0.1, 0.15) is 42.1 Å². The maximum atomic E-state index is 15.1. The van der Waals surface area contributed by atoms with Crippen molar-refractivity contribution in [3.63, 3.8) is 0 Å². The third-order valence-electron chi connectivity index (χ3n) is 7.37. The van der Waals surface area contributed by atoms with E-state index >= 15 is 4.39 Å². The second-order valence-electron chi connectivity index (χ2n) is 10.5. The summed E-state index contributed by atoms with van der Waals surface area (Å²) in [5, 5.41) is 0. The molecule has 1 heterocycles. The van der Waals surface area contributed by atoms with Crippen LogP contribution in [0.15, 0.2) is 103 Å².